The quantitative estimate of drug-likeness (QED) is 0.346. The Morgan fingerprint density at radius 2 is 1.58 bits per heavy atom. The van der Waals surface area contributed by atoms with Crippen LogP contribution in [0.15, 0.2) is 35.8 Å². The maximum Gasteiger partial charge on any atom is 0.306 e. The van der Waals surface area contributed by atoms with E-state index in [4.69, 9.17) is 14.1 Å². The molecule has 0 aliphatic rings. The van der Waals surface area contributed by atoms with Crippen molar-refractivity contribution in [3.63, 3.8) is 0 Å². The molecule has 0 aliphatic heterocycles. The lowest BCUT2D eigenvalue weighted by Crippen LogP contribution is -2.33. The molecule has 6 heteroatoms. The number of hydroxylamine groups is 2. The van der Waals surface area contributed by atoms with E-state index in [-0.39, 0.29) is 0 Å². The minimum atomic E-state index is -0.844. The van der Waals surface area contributed by atoms with E-state index in [9.17, 15) is 0 Å². The SMILES string of the molecule is C=C[SiH2]OC(ONC(C)=CCC)ONC(C)=CCC. The molecule has 0 saturated carbocycles. The highest BCUT2D eigenvalue weighted by Gasteiger charge is 2.10. The molecule has 0 amide bonds. The molecule has 0 aromatic heterocycles. The van der Waals surface area contributed by atoms with Crippen LogP contribution in [0.1, 0.15) is 40.5 Å². The second-order valence-electron chi connectivity index (χ2n) is 3.94. The summed E-state index contributed by atoms with van der Waals surface area (Å²) in [6.45, 7) is 10.8. The molecule has 0 radical (unpaired) electrons. The van der Waals surface area contributed by atoms with Gasteiger partial charge in [0.25, 0.3) is 0 Å². The van der Waals surface area contributed by atoms with Gasteiger partial charge in [0.15, 0.2) is 9.76 Å². The van der Waals surface area contributed by atoms with E-state index in [2.05, 4.69) is 31.4 Å². The standard InChI is InChI=1S/C13H26N2O3Si/c1-6-9-11(4)14-16-13(18-19-8-3)17-15-12(5)10-7-2/h8-10,13-15H,3,6-7,19H2,1-2,4-5H3. The van der Waals surface area contributed by atoms with Crippen LogP contribution in [-0.2, 0) is 14.1 Å². The van der Waals surface area contributed by atoms with Crippen LogP contribution in [0.4, 0.5) is 0 Å². The van der Waals surface area contributed by atoms with Crippen LogP contribution in [0, 0.1) is 0 Å². The Bertz CT molecular complexity index is 282. The van der Waals surface area contributed by atoms with Crippen LogP contribution in [0.5, 0.6) is 0 Å². The Morgan fingerprint density at radius 1 is 1.11 bits per heavy atom. The summed E-state index contributed by atoms with van der Waals surface area (Å²) >= 11 is 0. The largest absolute Gasteiger partial charge is 0.371 e. The van der Waals surface area contributed by atoms with Gasteiger partial charge in [0.05, 0.1) is 0 Å². The average Bonchev–Trinajstić information content (AvgIpc) is 2.38. The first-order chi connectivity index (χ1) is 9.13. The highest BCUT2D eigenvalue weighted by Crippen LogP contribution is 1.99. The first-order valence-electron chi connectivity index (χ1n) is 6.53. The second kappa shape index (κ2) is 12.0. The molecule has 19 heavy (non-hydrogen) atoms. The molecule has 0 aromatic rings. The second-order valence-corrected chi connectivity index (χ2v) is 5.19. The summed E-state index contributed by atoms with van der Waals surface area (Å²) in [6.07, 6.45) is 5.90. The normalized spacial score (nSPS) is 14.7. The summed E-state index contributed by atoms with van der Waals surface area (Å²) in [7, 11) is -0.844. The highest BCUT2D eigenvalue weighted by molar-refractivity contribution is 6.34. The van der Waals surface area contributed by atoms with Crippen molar-refractivity contribution in [1.82, 2.24) is 11.0 Å². The minimum Gasteiger partial charge on any atom is -0.371 e. The fourth-order valence-corrected chi connectivity index (χ4v) is 1.65. The third-order valence-corrected chi connectivity index (χ3v) is 2.70. The first-order valence-corrected chi connectivity index (χ1v) is 7.92. The van der Waals surface area contributed by atoms with E-state index in [1.807, 2.05) is 26.0 Å². The van der Waals surface area contributed by atoms with Crippen LogP contribution in [0.3, 0.4) is 0 Å². The zero-order valence-electron chi connectivity index (χ0n) is 12.4. The molecule has 0 spiro atoms. The van der Waals surface area contributed by atoms with E-state index < -0.39 is 16.2 Å². The van der Waals surface area contributed by atoms with E-state index in [0.717, 1.165) is 24.2 Å². The minimum absolute atomic E-state index is 0.801. The van der Waals surface area contributed by atoms with E-state index in [1.165, 1.54) is 0 Å². The van der Waals surface area contributed by atoms with Gasteiger partial charge < -0.3 is 4.43 Å². The lowest BCUT2D eigenvalue weighted by Gasteiger charge is -2.19. The lowest BCUT2D eigenvalue weighted by atomic mass is 10.4. The Morgan fingerprint density at radius 3 is 1.95 bits per heavy atom. The van der Waals surface area contributed by atoms with Crippen molar-refractivity contribution in [3.8, 4) is 0 Å². The monoisotopic (exact) mass is 286 g/mol. The number of hydrogen-bond donors (Lipinski definition) is 2. The molecule has 0 fully saturated rings. The van der Waals surface area contributed by atoms with Crippen LogP contribution in [0.2, 0.25) is 0 Å². The third kappa shape index (κ3) is 10.5. The van der Waals surface area contributed by atoms with Gasteiger partial charge in [-0.2, -0.15) is 0 Å². The summed E-state index contributed by atoms with van der Waals surface area (Å²) in [5.74, 6) is 0. The van der Waals surface area contributed by atoms with Gasteiger partial charge >= 0.3 is 6.48 Å². The smallest absolute Gasteiger partial charge is 0.306 e. The van der Waals surface area contributed by atoms with Crippen molar-refractivity contribution in [2.24, 2.45) is 0 Å². The number of allylic oxidation sites excluding steroid dienone is 4. The zero-order chi connectivity index (χ0) is 14.5. The average molecular weight is 286 g/mol. The van der Waals surface area contributed by atoms with Gasteiger partial charge in [-0.15, -0.1) is 6.58 Å². The molecule has 5 nitrogen and oxygen atoms in total. The molecule has 0 unspecified atom stereocenters. The Kier molecular flexibility index (Phi) is 11.3. The Balaban J connectivity index is 4.18. The van der Waals surface area contributed by atoms with Gasteiger partial charge in [-0.25, -0.2) is 9.68 Å². The zero-order valence-corrected chi connectivity index (χ0v) is 13.8. The fourth-order valence-electron chi connectivity index (χ4n) is 1.22. The molecule has 110 valence electrons. The molecule has 2 N–H and O–H groups in total. The van der Waals surface area contributed by atoms with Crippen molar-refractivity contribution in [1.29, 1.82) is 0 Å². The molecule has 0 rings (SSSR count). The summed E-state index contributed by atoms with van der Waals surface area (Å²) in [5.41, 5.74) is 9.18. The van der Waals surface area contributed by atoms with Gasteiger partial charge in [0, 0.05) is 11.4 Å². The molecule has 0 aromatic carbocycles. The molecule has 0 bridgehead atoms. The number of nitrogens with one attached hydrogen (secondary N) is 2. The lowest BCUT2D eigenvalue weighted by molar-refractivity contribution is -0.290. The van der Waals surface area contributed by atoms with Gasteiger partial charge in [-0.3, -0.25) is 11.0 Å². The van der Waals surface area contributed by atoms with Crippen LogP contribution < -0.4 is 11.0 Å². The van der Waals surface area contributed by atoms with Gasteiger partial charge in [-0.1, -0.05) is 31.7 Å². The van der Waals surface area contributed by atoms with Gasteiger partial charge in [0.2, 0.25) is 0 Å². The maximum atomic E-state index is 5.45. The van der Waals surface area contributed by atoms with E-state index >= 15 is 0 Å². The van der Waals surface area contributed by atoms with Crippen molar-refractivity contribution >= 4 is 9.76 Å². The topological polar surface area (TPSA) is 51.8 Å². The van der Waals surface area contributed by atoms with Crippen molar-refractivity contribution in [2.45, 2.75) is 47.0 Å². The summed E-state index contributed by atoms with van der Waals surface area (Å²) in [5, 5.41) is 0. The van der Waals surface area contributed by atoms with E-state index in [0.29, 0.717) is 0 Å². The van der Waals surface area contributed by atoms with Crippen LogP contribution in [-0.4, -0.2) is 16.2 Å². The summed E-state index contributed by atoms with van der Waals surface area (Å²) in [4.78, 5) is 10.6. The fraction of sp³-hybridized carbons (Fsp3) is 0.538. The predicted molar refractivity (Wildman–Crippen MR) is 80.2 cm³/mol. The Hall–Kier alpha value is -1.08. The summed E-state index contributed by atoms with van der Waals surface area (Å²) in [6, 6.07) is 0. The number of hydrogen-bond acceptors (Lipinski definition) is 5. The van der Waals surface area contributed by atoms with Crippen LogP contribution >= 0.6 is 0 Å². The highest BCUT2D eigenvalue weighted by atomic mass is 28.2. The van der Waals surface area contributed by atoms with Crippen molar-refractivity contribution in [3.05, 3.63) is 35.8 Å². The number of rotatable bonds is 11. The van der Waals surface area contributed by atoms with Gasteiger partial charge in [0.1, 0.15) is 0 Å². The van der Waals surface area contributed by atoms with Gasteiger partial charge in [-0.05, 0) is 26.7 Å². The molecule has 0 saturated heterocycles. The third-order valence-electron chi connectivity index (χ3n) is 2.00. The molecule has 0 aliphatic carbocycles. The van der Waals surface area contributed by atoms with Crippen molar-refractivity contribution < 1.29 is 14.1 Å². The summed E-state index contributed by atoms with van der Waals surface area (Å²) < 4.78 is 5.45. The first kappa shape index (κ1) is 17.9. The molecule has 0 heterocycles. The van der Waals surface area contributed by atoms with Crippen molar-refractivity contribution in [2.75, 3.05) is 0 Å². The Labute approximate surface area is 118 Å². The molecular weight excluding hydrogens is 260 g/mol. The van der Waals surface area contributed by atoms with Crippen LogP contribution in [0.25, 0.3) is 0 Å². The maximum absolute atomic E-state index is 5.45. The van der Waals surface area contributed by atoms with E-state index in [1.54, 1.807) is 5.70 Å². The molecule has 0 atom stereocenters. The molecular formula is C13H26N2O3Si. The predicted octanol–water partition coefficient (Wildman–Crippen LogP) is 2.18.